The van der Waals surface area contributed by atoms with Crippen molar-refractivity contribution in [3.63, 3.8) is 0 Å². The number of hydrogen-bond donors (Lipinski definition) is 4. The van der Waals surface area contributed by atoms with E-state index < -0.39 is 74.6 Å². The Labute approximate surface area is 157 Å². The first kappa shape index (κ1) is 24.3. The lowest BCUT2D eigenvalue weighted by atomic mass is 9.91. The first-order valence-corrected chi connectivity index (χ1v) is 10.6. The van der Waals surface area contributed by atoms with Crippen molar-refractivity contribution in [1.29, 1.82) is 0 Å². The summed E-state index contributed by atoms with van der Waals surface area (Å²) in [4.78, 5) is 10.8. The smallest absolute Gasteiger partial charge is 0.397 e. The van der Waals surface area contributed by atoms with Gasteiger partial charge in [-0.25, -0.2) is 17.3 Å². The van der Waals surface area contributed by atoms with Gasteiger partial charge in [-0.2, -0.15) is 25.3 Å². The van der Waals surface area contributed by atoms with Crippen LogP contribution in [0.25, 0.3) is 0 Å². The minimum atomic E-state index is -5.14. The third-order valence-electron chi connectivity index (χ3n) is 2.80. The number of aromatic nitrogens is 3. The summed E-state index contributed by atoms with van der Waals surface area (Å²) in [6, 6.07) is 0. The third kappa shape index (κ3) is 9.43. The Morgan fingerprint density at radius 3 is 1.61 bits per heavy atom. The Balaban J connectivity index is 3.29. The van der Waals surface area contributed by atoms with Gasteiger partial charge in [0.1, 0.15) is 0 Å². The lowest BCUT2D eigenvalue weighted by Gasteiger charge is -2.30. The molecule has 1 heterocycles. The molecule has 0 fully saturated rings. The molecule has 20 heteroatoms. The summed E-state index contributed by atoms with van der Waals surface area (Å²) in [7, 11) is -15.4. The molecule has 0 bridgehead atoms. The Hall–Kier alpha value is -1.78. The molecule has 1 rings (SSSR count). The molecule has 1 aromatic heterocycles. The molecule has 0 unspecified atom stereocenters. The summed E-state index contributed by atoms with van der Waals surface area (Å²) in [5, 5.41) is 15.4. The molecule has 0 aliphatic carbocycles. The highest BCUT2D eigenvalue weighted by molar-refractivity contribution is 7.81. The molecular formula is C8H13N3O14S3. The van der Waals surface area contributed by atoms with Crippen LogP contribution in [0.3, 0.4) is 0 Å². The van der Waals surface area contributed by atoms with Gasteiger partial charge in [-0.1, -0.05) is 5.21 Å². The summed E-state index contributed by atoms with van der Waals surface area (Å²) >= 11 is 0. The summed E-state index contributed by atoms with van der Waals surface area (Å²) < 4.78 is 104. The first-order valence-electron chi connectivity index (χ1n) is 6.49. The van der Waals surface area contributed by atoms with Crippen LogP contribution in [0.5, 0.6) is 0 Å². The van der Waals surface area contributed by atoms with Crippen LogP contribution in [0.4, 0.5) is 0 Å². The van der Waals surface area contributed by atoms with E-state index in [2.05, 4.69) is 22.9 Å². The molecular weight excluding hydrogens is 458 g/mol. The minimum Gasteiger partial charge on any atom is -0.476 e. The van der Waals surface area contributed by atoms with Gasteiger partial charge in [0, 0.05) is 0 Å². The average molecular weight is 471 g/mol. The van der Waals surface area contributed by atoms with Gasteiger partial charge >= 0.3 is 37.2 Å². The van der Waals surface area contributed by atoms with E-state index in [0.29, 0.717) is 4.68 Å². The molecule has 17 nitrogen and oxygen atoms in total. The number of carboxylic acids is 1. The van der Waals surface area contributed by atoms with Crippen molar-refractivity contribution in [2.24, 2.45) is 5.41 Å². The molecule has 0 aliphatic rings. The van der Waals surface area contributed by atoms with E-state index in [1.165, 1.54) is 0 Å². The fourth-order valence-corrected chi connectivity index (χ4v) is 2.87. The van der Waals surface area contributed by atoms with E-state index in [9.17, 15) is 30.0 Å². The second-order valence-corrected chi connectivity index (χ2v) is 8.45. The van der Waals surface area contributed by atoms with Crippen molar-refractivity contribution < 1.29 is 61.4 Å². The monoisotopic (exact) mass is 471 g/mol. The van der Waals surface area contributed by atoms with E-state index in [-0.39, 0.29) is 0 Å². The largest absolute Gasteiger partial charge is 0.476 e. The highest BCUT2D eigenvalue weighted by Gasteiger charge is 2.38. The molecule has 0 saturated carbocycles. The van der Waals surface area contributed by atoms with Crippen LogP contribution in [-0.2, 0) is 50.3 Å². The standard InChI is InChI=1S/C8H13N3O14S3/c12-7(13)6-1-11(10-9-6)2-8(3-23-26(14,15)16,4-24-27(17,18)19)5-25-28(20,21)22/h1H,2-5H2,(H,12,13)(H,14,15,16)(H,17,18,19)(H,20,21,22). The lowest BCUT2D eigenvalue weighted by Crippen LogP contribution is -2.43. The lowest BCUT2D eigenvalue weighted by molar-refractivity contribution is 0.0121. The van der Waals surface area contributed by atoms with Crippen LogP contribution in [0.2, 0.25) is 0 Å². The van der Waals surface area contributed by atoms with E-state index in [1.807, 2.05) is 0 Å². The first-order chi connectivity index (χ1) is 12.5. The maximum atomic E-state index is 10.8. The Kier molecular flexibility index (Phi) is 7.54. The van der Waals surface area contributed by atoms with Gasteiger partial charge in [-0.15, -0.1) is 5.10 Å². The molecule has 0 spiro atoms. The van der Waals surface area contributed by atoms with Gasteiger partial charge in [0.05, 0.1) is 38.0 Å². The number of nitrogens with zero attached hydrogens (tertiary/aromatic N) is 3. The zero-order valence-corrected chi connectivity index (χ0v) is 15.8. The molecule has 0 aliphatic heterocycles. The highest BCUT2D eigenvalue weighted by atomic mass is 32.3. The molecule has 0 aromatic carbocycles. The van der Waals surface area contributed by atoms with Gasteiger partial charge < -0.3 is 5.11 Å². The highest BCUT2D eigenvalue weighted by Crippen LogP contribution is 2.24. The van der Waals surface area contributed by atoms with Gasteiger partial charge in [-0.3, -0.25) is 18.3 Å². The van der Waals surface area contributed by atoms with Crippen molar-refractivity contribution in [3.8, 4) is 0 Å². The zero-order valence-electron chi connectivity index (χ0n) is 13.3. The summed E-state index contributed by atoms with van der Waals surface area (Å²) in [6.45, 7) is -4.44. The maximum Gasteiger partial charge on any atom is 0.397 e. The molecule has 0 atom stereocenters. The van der Waals surface area contributed by atoms with Crippen LogP contribution < -0.4 is 0 Å². The molecule has 1 aromatic rings. The number of rotatable bonds is 12. The van der Waals surface area contributed by atoms with Crippen molar-refractivity contribution in [1.82, 2.24) is 15.0 Å². The third-order valence-corrected chi connectivity index (χ3v) is 4.04. The van der Waals surface area contributed by atoms with E-state index in [0.717, 1.165) is 6.20 Å². The van der Waals surface area contributed by atoms with Gasteiger partial charge in [0.15, 0.2) is 5.69 Å². The molecule has 0 radical (unpaired) electrons. The van der Waals surface area contributed by atoms with E-state index in [1.54, 1.807) is 0 Å². The second kappa shape index (κ2) is 8.71. The summed E-state index contributed by atoms with van der Waals surface area (Å²) in [5.41, 5.74) is -2.79. The predicted molar refractivity (Wildman–Crippen MR) is 81.9 cm³/mol. The van der Waals surface area contributed by atoms with Crippen LogP contribution in [0, 0.1) is 5.41 Å². The maximum absolute atomic E-state index is 10.8. The molecule has 0 amide bonds. The van der Waals surface area contributed by atoms with Gasteiger partial charge in [0.2, 0.25) is 0 Å². The summed E-state index contributed by atoms with van der Waals surface area (Å²) in [6.07, 6.45) is 0.783. The Morgan fingerprint density at radius 1 is 0.929 bits per heavy atom. The van der Waals surface area contributed by atoms with Crippen LogP contribution in [-0.4, -0.2) is 84.8 Å². The van der Waals surface area contributed by atoms with Crippen LogP contribution in [0.15, 0.2) is 6.20 Å². The summed E-state index contributed by atoms with van der Waals surface area (Å²) in [5.74, 6) is -1.52. The zero-order chi connectivity index (χ0) is 21.8. The van der Waals surface area contributed by atoms with Gasteiger partial charge in [0.25, 0.3) is 0 Å². The normalized spacial score (nSPS) is 13.5. The fourth-order valence-electron chi connectivity index (χ4n) is 1.68. The van der Waals surface area contributed by atoms with E-state index >= 15 is 0 Å². The molecule has 0 saturated heterocycles. The van der Waals surface area contributed by atoms with Crippen molar-refractivity contribution in [3.05, 3.63) is 11.9 Å². The minimum absolute atomic E-state index is 0.601. The quantitative estimate of drug-likeness (QED) is 0.228. The van der Waals surface area contributed by atoms with Crippen molar-refractivity contribution in [2.75, 3.05) is 19.8 Å². The molecule has 4 N–H and O–H groups in total. The SMILES string of the molecule is O=C(O)c1cn(CC(COS(=O)(=O)O)(COS(=O)(=O)O)COS(=O)(=O)O)nn1. The van der Waals surface area contributed by atoms with Gasteiger partial charge in [-0.05, 0) is 0 Å². The number of carboxylic acid groups (broad SMARTS) is 1. The van der Waals surface area contributed by atoms with E-state index in [4.69, 9.17) is 18.8 Å². The Bertz CT molecular complexity index is 922. The predicted octanol–water partition coefficient (Wildman–Crippen LogP) is -2.58. The van der Waals surface area contributed by atoms with Crippen LogP contribution in [0.1, 0.15) is 10.5 Å². The molecule has 162 valence electrons. The Morgan fingerprint density at radius 2 is 1.32 bits per heavy atom. The number of carbonyl (C=O) groups is 1. The molecule has 28 heavy (non-hydrogen) atoms. The second-order valence-electron chi connectivity index (χ2n) is 5.18. The number of aromatic carboxylic acids is 1. The number of hydrogen-bond acceptors (Lipinski definition) is 12. The fraction of sp³-hybridized carbons (Fsp3) is 0.625. The van der Waals surface area contributed by atoms with Crippen LogP contribution >= 0.6 is 0 Å². The van der Waals surface area contributed by atoms with Crippen molar-refractivity contribution >= 4 is 37.2 Å². The van der Waals surface area contributed by atoms with Crippen molar-refractivity contribution in [2.45, 2.75) is 6.54 Å². The topological polar surface area (TPSA) is 259 Å². The average Bonchev–Trinajstić information content (AvgIpc) is 2.95.